The van der Waals surface area contributed by atoms with Crippen LogP contribution in [-0.4, -0.2) is 58.6 Å². The van der Waals surface area contributed by atoms with Gasteiger partial charge in [-0.25, -0.2) is 0 Å². The lowest BCUT2D eigenvalue weighted by atomic mass is 9.80. The monoisotopic (exact) mass is 1970 g/mol. The van der Waals surface area contributed by atoms with Crippen molar-refractivity contribution in [2.24, 2.45) is 0 Å². The predicted octanol–water partition coefficient (Wildman–Crippen LogP) is 20.7. The maximum absolute atomic E-state index is 9.12. The summed E-state index contributed by atoms with van der Waals surface area (Å²) in [5.41, 5.74) is 13.2. The fourth-order valence-electron chi connectivity index (χ4n) is 23.1. The Morgan fingerprint density at radius 1 is 0.174 bits per heavy atom. The number of hydrogen-bond donors (Lipinski definition) is 2. The summed E-state index contributed by atoms with van der Waals surface area (Å²) >= 11 is 3.82. The van der Waals surface area contributed by atoms with Gasteiger partial charge in [0.1, 0.15) is 22.3 Å². The summed E-state index contributed by atoms with van der Waals surface area (Å²) in [5, 5.41) is 48.9. The number of benzene rings is 22. The van der Waals surface area contributed by atoms with E-state index in [1.165, 1.54) is 138 Å². The molecule has 0 saturated carbocycles. The molecule has 0 radical (unpaired) electrons. The molecule has 22 aromatic carbocycles. The van der Waals surface area contributed by atoms with Gasteiger partial charge < -0.3 is 28.0 Å². The smallest absolute Gasteiger partial charge is 0.456 e. The van der Waals surface area contributed by atoms with Crippen molar-refractivity contribution < 1.29 is 18.9 Å². The van der Waals surface area contributed by atoms with E-state index in [1.807, 2.05) is 30.3 Å². The largest absolute Gasteiger partial charge is 0.488 e. The van der Waals surface area contributed by atoms with Crippen LogP contribution in [0, 0.1) is 0 Å². The van der Waals surface area contributed by atoms with Crippen LogP contribution in [0.25, 0.3) is 110 Å². The van der Waals surface area contributed by atoms with E-state index in [1.54, 1.807) is 18.2 Å². The van der Waals surface area contributed by atoms with E-state index < -0.39 is 39.4 Å². The second-order valence-electron chi connectivity index (χ2n) is 37.1. The second-order valence-corrected chi connectivity index (χ2v) is 53.2. The molecule has 0 atom stereocenters. The van der Waals surface area contributed by atoms with Gasteiger partial charge in [0, 0.05) is 58.9 Å². The standard InChI is InChI=1S/C66H47NOSi2.C54H40BrNSi2.C12H9BO3/c1-7-23-51(24-8-1)69(52-25-9-2-10-26-52,53-27-11-3-12-28-53)57-45-50(46-58(47-57)70(54-29-13-4-14-30-54,55-31-15-5-16-32-55)56-33-17-6-18-34-56)67-63-37-21-19-35-59(63)61-43-48(39-41-64(61)67)49-40-42-66-62(44-49)60-36-20-22-38-65(60)68-66;55-41-35-36-54-52(37-41)51-33-19-20-34-53(51)56(54)42-38-49(57(43-21-7-1-8-22-43,44-23-9-2-10-24-44)45-25-11-3-12-26-45)40-50(39-42)58(46-27-13-4-14-28-46,47-29-15-5-16-30-47)48-31-17-6-18-32-48;14-13(15)8-5-6-12-10(7-8)9-3-1-2-4-11(9)16-12/h1-47H;1-40H;1-7,14-15H. The predicted molar refractivity (Wildman–Crippen MR) is 620 cm³/mol. The van der Waals surface area contributed by atoms with Crippen molar-refractivity contribution in [1.29, 1.82) is 0 Å². The van der Waals surface area contributed by atoms with E-state index >= 15 is 0 Å². The van der Waals surface area contributed by atoms with Crippen molar-refractivity contribution >= 4 is 231 Å². The van der Waals surface area contributed by atoms with E-state index in [9.17, 15) is 0 Å². The third-order valence-corrected chi connectivity index (χ3v) is 48.8. The molecule has 0 amide bonds. The number of aromatic nitrogens is 2. The Balaban J connectivity index is 0.000000135. The van der Waals surface area contributed by atoms with E-state index in [2.05, 4.69) is 547 Å². The lowest BCUT2D eigenvalue weighted by molar-refractivity contribution is 0.426. The first-order chi connectivity index (χ1) is 71.1. The fourth-order valence-corrected chi connectivity index (χ4v) is 43.0. The Labute approximate surface area is 849 Å². The summed E-state index contributed by atoms with van der Waals surface area (Å²) in [6.45, 7) is 0. The molecule has 6 nitrogen and oxygen atoms in total. The molecule has 0 bridgehead atoms. The highest BCUT2D eigenvalue weighted by atomic mass is 79.9. The van der Waals surface area contributed by atoms with Crippen LogP contribution >= 0.6 is 15.9 Å². The van der Waals surface area contributed by atoms with Crippen molar-refractivity contribution in [2.75, 3.05) is 0 Å². The number of hydrogen-bond acceptors (Lipinski definition) is 4. The molecular formula is C132H96BBrN2O4Si4. The van der Waals surface area contributed by atoms with Gasteiger partial charge in [-0.1, -0.05) is 489 Å². The summed E-state index contributed by atoms with van der Waals surface area (Å²) in [4.78, 5) is 0. The van der Waals surface area contributed by atoms with Crippen molar-refractivity contribution in [1.82, 2.24) is 9.13 Å². The van der Waals surface area contributed by atoms with Gasteiger partial charge in [0.15, 0.2) is 32.3 Å². The average molecular weight is 1980 g/mol. The number of furan rings is 2. The van der Waals surface area contributed by atoms with E-state index in [0.717, 1.165) is 59.6 Å². The first kappa shape index (κ1) is 90.0. The van der Waals surface area contributed by atoms with Gasteiger partial charge in [0.25, 0.3) is 0 Å². The van der Waals surface area contributed by atoms with E-state index in [0.29, 0.717) is 5.46 Å². The van der Waals surface area contributed by atoms with Gasteiger partial charge in [0.05, 0.1) is 22.1 Å². The highest BCUT2D eigenvalue weighted by Gasteiger charge is 2.49. The van der Waals surface area contributed by atoms with Gasteiger partial charge in [0.2, 0.25) is 0 Å². The lowest BCUT2D eigenvalue weighted by Crippen LogP contribution is -2.78. The van der Waals surface area contributed by atoms with Crippen LogP contribution in [0.4, 0.5) is 0 Å². The van der Waals surface area contributed by atoms with Crippen LogP contribution in [0.5, 0.6) is 0 Å². The van der Waals surface area contributed by atoms with Gasteiger partial charge in [-0.15, -0.1) is 0 Å². The number of nitrogens with zero attached hydrogens (tertiary/aromatic N) is 2. The molecule has 684 valence electrons. The molecule has 0 saturated heterocycles. The van der Waals surface area contributed by atoms with Crippen LogP contribution in [0.15, 0.2) is 584 Å². The molecule has 0 aliphatic rings. The Kier molecular flexibility index (Phi) is 24.2. The Morgan fingerprint density at radius 2 is 0.396 bits per heavy atom. The summed E-state index contributed by atoms with van der Waals surface area (Å²) in [7, 11) is -13.6. The minimum Gasteiger partial charge on any atom is -0.456 e. The van der Waals surface area contributed by atoms with Crippen molar-refractivity contribution in [2.45, 2.75) is 0 Å². The fraction of sp³-hybridized carbons (Fsp3) is 0. The van der Waals surface area contributed by atoms with Crippen molar-refractivity contribution in [3.05, 3.63) is 575 Å². The normalized spacial score (nSPS) is 11.9. The zero-order valence-electron chi connectivity index (χ0n) is 78.8. The first-order valence-corrected chi connectivity index (χ1v) is 57.8. The topological polar surface area (TPSA) is 76.6 Å². The zero-order chi connectivity index (χ0) is 96.6. The van der Waals surface area contributed by atoms with E-state index in [4.69, 9.17) is 18.9 Å². The van der Waals surface area contributed by atoms with Gasteiger partial charge in [-0.2, -0.15) is 0 Å². The van der Waals surface area contributed by atoms with Crippen molar-refractivity contribution in [3.63, 3.8) is 0 Å². The van der Waals surface area contributed by atoms with Gasteiger partial charge in [-0.05, 0) is 197 Å². The third kappa shape index (κ3) is 15.7. The zero-order valence-corrected chi connectivity index (χ0v) is 84.4. The number of fused-ring (bicyclic) bond motifs is 12. The molecular weight excluding hydrogens is 1880 g/mol. The molecule has 0 aliphatic carbocycles. The number of halogens is 1. The Morgan fingerprint density at radius 3 is 0.694 bits per heavy atom. The first-order valence-electron chi connectivity index (χ1n) is 49.1. The molecule has 0 unspecified atom stereocenters. The van der Waals surface area contributed by atoms with Crippen LogP contribution in [-0.2, 0) is 0 Å². The molecule has 26 rings (SSSR count). The molecule has 4 heterocycles. The molecule has 0 fully saturated rings. The molecule has 2 N–H and O–H groups in total. The summed E-state index contributed by atoms with van der Waals surface area (Å²) in [5.74, 6) is 0. The maximum atomic E-state index is 9.12. The van der Waals surface area contributed by atoms with Gasteiger partial charge in [-0.3, -0.25) is 0 Å². The quantitative estimate of drug-likeness (QED) is 0.0589. The highest BCUT2D eigenvalue weighted by Crippen LogP contribution is 2.40. The summed E-state index contributed by atoms with van der Waals surface area (Å²) in [6, 6.07) is 211. The minimum atomic E-state index is -3.08. The second kappa shape index (κ2) is 38.8. The molecule has 0 aliphatic heterocycles. The Hall–Kier alpha value is -16.6. The number of rotatable bonds is 20. The molecule has 4 aromatic heterocycles. The Bertz CT molecular complexity index is 8430. The van der Waals surface area contributed by atoms with Crippen LogP contribution in [0.2, 0.25) is 0 Å². The molecule has 26 aromatic rings. The third-order valence-electron chi connectivity index (χ3n) is 29.3. The minimum absolute atomic E-state index is 0.471. The van der Waals surface area contributed by atoms with Crippen LogP contribution in [0.1, 0.15) is 0 Å². The molecule has 144 heavy (non-hydrogen) atoms. The van der Waals surface area contributed by atoms with E-state index in [-0.39, 0.29) is 0 Å². The van der Waals surface area contributed by atoms with Crippen LogP contribution < -0.4 is 88.5 Å². The highest BCUT2D eigenvalue weighted by molar-refractivity contribution is 9.10. The number of para-hydroxylation sites is 4. The maximum Gasteiger partial charge on any atom is 0.488 e. The molecule has 0 spiro atoms. The lowest BCUT2D eigenvalue weighted by Gasteiger charge is -2.38. The van der Waals surface area contributed by atoms with Gasteiger partial charge >= 0.3 is 7.12 Å². The molecule has 12 heteroatoms. The average Bonchev–Trinajstić information content (AvgIpc) is 0.916. The van der Waals surface area contributed by atoms with Crippen LogP contribution in [0.3, 0.4) is 0 Å². The SMILES string of the molecule is Brc1ccc2c(c1)c1ccccc1n2-c1cc([Si](c2ccccc2)(c2ccccc2)c2ccccc2)cc([Si](c2ccccc2)(c2ccccc2)c2ccccc2)c1.OB(O)c1ccc2oc3ccccc3c2c1.c1ccc([Si](c2ccccc2)(c2ccccc2)c2cc(-n3c4ccccc4c4cc(-c5ccc6oc7ccccc7c6c5)ccc43)cc([Si](c3ccccc3)(c3ccccc3)c3ccccc3)c2)cc1. The van der Waals surface area contributed by atoms with Crippen molar-refractivity contribution in [3.8, 4) is 22.5 Å². The summed E-state index contributed by atoms with van der Waals surface area (Å²) in [6.07, 6.45) is 0. The summed E-state index contributed by atoms with van der Waals surface area (Å²) < 4.78 is 18.0.